The zero-order valence-corrected chi connectivity index (χ0v) is 17.1. The van der Waals surface area contributed by atoms with Crippen molar-refractivity contribution in [2.24, 2.45) is 0 Å². The van der Waals surface area contributed by atoms with Gasteiger partial charge in [-0.15, -0.1) is 17.9 Å². The second kappa shape index (κ2) is 7.96. The van der Waals surface area contributed by atoms with Crippen LogP contribution in [0.5, 0.6) is 0 Å². The van der Waals surface area contributed by atoms with Crippen LogP contribution in [0.1, 0.15) is 12.0 Å². The lowest BCUT2D eigenvalue weighted by atomic mass is 9.95. The Balaban J connectivity index is 1.91. The number of fused-ring (bicyclic) bond motifs is 1. The molecular weight excluding hydrogens is 398 g/mol. The molecule has 2 aromatic heterocycles. The Kier molecular flexibility index (Phi) is 5.20. The van der Waals surface area contributed by atoms with Crippen molar-refractivity contribution in [2.45, 2.75) is 6.42 Å². The molecule has 0 bridgehead atoms. The van der Waals surface area contributed by atoms with Gasteiger partial charge in [0.1, 0.15) is 5.82 Å². The standard InChI is InChI=1S/C23H19N3O3S/c1-3-7-16-10-14(12-19(29-2)20(16)27)11-17-21(24)26-18(15-8-5-4-6-9-15)13-30-23(26)25-22(17)28/h3-6,8-13H,1,7,24H2,2H3. The molecule has 1 aromatic carbocycles. The number of carbonyl (C=O) groups excluding carboxylic acids is 1. The van der Waals surface area contributed by atoms with Crippen molar-refractivity contribution in [1.82, 2.24) is 9.38 Å². The van der Waals surface area contributed by atoms with Crippen molar-refractivity contribution in [2.75, 3.05) is 12.8 Å². The maximum absolute atomic E-state index is 12.7. The Morgan fingerprint density at radius 2 is 2.00 bits per heavy atom. The summed E-state index contributed by atoms with van der Waals surface area (Å²) in [6.07, 6.45) is 6.98. The molecule has 0 amide bonds. The van der Waals surface area contributed by atoms with E-state index < -0.39 is 5.56 Å². The molecule has 150 valence electrons. The lowest BCUT2D eigenvalue weighted by Gasteiger charge is -2.14. The van der Waals surface area contributed by atoms with E-state index >= 15 is 0 Å². The van der Waals surface area contributed by atoms with Gasteiger partial charge in [-0.25, -0.2) is 0 Å². The summed E-state index contributed by atoms with van der Waals surface area (Å²) in [6.45, 7) is 3.69. The smallest absolute Gasteiger partial charge is 0.283 e. The van der Waals surface area contributed by atoms with Crippen molar-refractivity contribution in [3.05, 3.63) is 93.3 Å². The molecule has 30 heavy (non-hydrogen) atoms. The number of benzene rings is 1. The average Bonchev–Trinajstić information content (AvgIpc) is 3.17. The van der Waals surface area contributed by atoms with Crippen LogP contribution in [0.4, 0.5) is 5.82 Å². The quantitative estimate of drug-likeness (QED) is 0.634. The van der Waals surface area contributed by atoms with Gasteiger partial charge in [-0.05, 0) is 35.8 Å². The molecule has 1 aliphatic rings. The summed E-state index contributed by atoms with van der Waals surface area (Å²) in [5.74, 6) is 0.298. The van der Waals surface area contributed by atoms with Gasteiger partial charge in [0, 0.05) is 11.0 Å². The Labute approximate surface area is 177 Å². The third kappa shape index (κ3) is 3.40. The van der Waals surface area contributed by atoms with E-state index in [4.69, 9.17) is 10.5 Å². The van der Waals surface area contributed by atoms with Crippen LogP contribution in [0.2, 0.25) is 0 Å². The number of thiazole rings is 1. The summed E-state index contributed by atoms with van der Waals surface area (Å²) in [5.41, 5.74) is 9.26. The number of aromatic nitrogens is 2. The minimum atomic E-state index is -0.426. The highest BCUT2D eigenvalue weighted by Gasteiger charge is 2.21. The van der Waals surface area contributed by atoms with Gasteiger partial charge in [-0.1, -0.05) is 36.4 Å². The fourth-order valence-corrected chi connectivity index (χ4v) is 4.23. The van der Waals surface area contributed by atoms with Crippen LogP contribution in [0.3, 0.4) is 0 Å². The lowest BCUT2D eigenvalue weighted by Crippen LogP contribution is -2.17. The molecular formula is C23H19N3O3S. The Morgan fingerprint density at radius 1 is 1.23 bits per heavy atom. The molecule has 0 saturated heterocycles. The SMILES string of the molecule is C=CCC1=CC(=Cc2c(N)n3c(-c4ccccc4)csc3nc2=O)C=C(OC)C1=O. The van der Waals surface area contributed by atoms with Crippen molar-refractivity contribution in [3.63, 3.8) is 0 Å². The van der Waals surface area contributed by atoms with Crippen molar-refractivity contribution < 1.29 is 9.53 Å². The number of nitrogen functional groups attached to an aromatic ring is 1. The minimum Gasteiger partial charge on any atom is -0.493 e. The number of ether oxygens (including phenoxy) is 1. The minimum absolute atomic E-state index is 0.197. The van der Waals surface area contributed by atoms with Gasteiger partial charge in [0.05, 0.1) is 18.4 Å². The fraction of sp³-hybridized carbons (Fsp3) is 0.0870. The van der Waals surface area contributed by atoms with Gasteiger partial charge >= 0.3 is 0 Å². The van der Waals surface area contributed by atoms with Crippen LogP contribution >= 0.6 is 11.3 Å². The first kappa shape index (κ1) is 19.6. The van der Waals surface area contributed by atoms with Crippen LogP contribution in [0.25, 0.3) is 22.3 Å². The van der Waals surface area contributed by atoms with Crippen LogP contribution < -0.4 is 11.3 Å². The first-order valence-corrected chi connectivity index (χ1v) is 10.1. The van der Waals surface area contributed by atoms with Crippen molar-refractivity contribution in [3.8, 4) is 11.3 Å². The number of hydrogen-bond donors (Lipinski definition) is 1. The summed E-state index contributed by atoms with van der Waals surface area (Å²) in [7, 11) is 1.44. The first-order chi connectivity index (χ1) is 14.5. The average molecular weight is 417 g/mol. The number of allylic oxidation sites excluding steroid dienone is 5. The van der Waals surface area contributed by atoms with E-state index in [0.717, 1.165) is 11.3 Å². The number of ketones is 1. The fourth-order valence-electron chi connectivity index (χ4n) is 3.34. The molecule has 7 heteroatoms. The number of hydrogen-bond acceptors (Lipinski definition) is 6. The molecule has 0 spiro atoms. The third-order valence-corrected chi connectivity index (χ3v) is 5.60. The van der Waals surface area contributed by atoms with E-state index in [1.165, 1.54) is 18.4 Å². The number of nitrogens with two attached hydrogens (primary N) is 1. The second-order valence-electron chi connectivity index (χ2n) is 6.67. The molecule has 0 unspecified atom stereocenters. The Morgan fingerprint density at radius 3 is 2.70 bits per heavy atom. The third-order valence-electron chi connectivity index (χ3n) is 4.77. The molecule has 0 atom stereocenters. The summed E-state index contributed by atoms with van der Waals surface area (Å²) in [4.78, 5) is 29.8. The predicted molar refractivity (Wildman–Crippen MR) is 120 cm³/mol. The molecule has 2 heterocycles. The van der Waals surface area contributed by atoms with Gasteiger partial charge in [-0.3, -0.25) is 14.0 Å². The normalized spacial score (nSPS) is 15.2. The number of methoxy groups -OCH3 is 1. The lowest BCUT2D eigenvalue weighted by molar-refractivity contribution is -0.115. The number of anilines is 1. The van der Waals surface area contributed by atoms with Crippen LogP contribution in [0.15, 0.2) is 82.2 Å². The summed E-state index contributed by atoms with van der Waals surface area (Å²) in [5, 5.41) is 1.93. The molecule has 0 aliphatic heterocycles. The van der Waals surface area contributed by atoms with Gasteiger partial charge in [0.25, 0.3) is 5.56 Å². The molecule has 6 nitrogen and oxygen atoms in total. The predicted octanol–water partition coefficient (Wildman–Crippen LogP) is 4.00. The highest BCUT2D eigenvalue weighted by molar-refractivity contribution is 7.15. The molecule has 3 aromatic rings. The summed E-state index contributed by atoms with van der Waals surface area (Å²) < 4.78 is 6.99. The Hall–Kier alpha value is -3.71. The van der Waals surface area contributed by atoms with E-state index in [2.05, 4.69) is 11.6 Å². The van der Waals surface area contributed by atoms with E-state index in [1.807, 2.05) is 35.7 Å². The number of carbonyl (C=O) groups is 1. The van der Waals surface area contributed by atoms with E-state index in [-0.39, 0.29) is 17.1 Å². The second-order valence-corrected chi connectivity index (χ2v) is 7.51. The largest absolute Gasteiger partial charge is 0.493 e. The van der Waals surface area contributed by atoms with E-state index in [0.29, 0.717) is 28.3 Å². The van der Waals surface area contributed by atoms with Gasteiger partial charge in [0.15, 0.2) is 10.7 Å². The topological polar surface area (TPSA) is 86.7 Å². The van der Waals surface area contributed by atoms with E-state index in [1.54, 1.807) is 28.7 Å². The van der Waals surface area contributed by atoms with Gasteiger partial charge in [0.2, 0.25) is 5.78 Å². The zero-order valence-electron chi connectivity index (χ0n) is 16.3. The van der Waals surface area contributed by atoms with Gasteiger partial charge in [-0.2, -0.15) is 4.98 Å². The molecule has 0 saturated carbocycles. The summed E-state index contributed by atoms with van der Waals surface area (Å²) >= 11 is 1.35. The van der Waals surface area contributed by atoms with Crippen molar-refractivity contribution in [1.29, 1.82) is 0 Å². The first-order valence-electron chi connectivity index (χ1n) is 9.22. The van der Waals surface area contributed by atoms with Gasteiger partial charge < -0.3 is 10.5 Å². The van der Waals surface area contributed by atoms with Crippen LogP contribution in [0, 0.1) is 0 Å². The maximum Gasteiger partial charge on any atom is 0.283 e. The van der Waals surface area contributed by atoms with E-state index in [9.17, 15) is 9.59 Å². The zero-order chi connectivity index (χ0) is 21.3. The molecule has 0 fully saturated rings. The maximum atomic E-state index is 12.7. The van der Waals surface area contributed by atoms with Crippen LogP contribution in [-0.2, 0) is 9.53 Å². The molecule has 0 radical (unpaired) electrons. The summed E-state index contributed by atoms with van der Waals surface area (Å²) in [6, 6.07) is 9.77. The Bertz CT molecular complexity index is 1310. The number of nitrogens with zero attached hydrogens (tertiary/aromatic N) is 2. The monoisotopic (exact) mass is 417 g/mol. The highest BCUT2D eigenvalue weighted by atomic mass is 32.1. The molecule has 1 aliphatic carbocycles. The number of Topliss-reactive ketones (excluding diaryl/α,β-unsaturated/α-hetero) is 1. The van der Waals surface area contributed by atoms with Crippen molar-refractivity contribution >= 4 is 34.0 Å². The highest BCUT2D eigenvalue weighted by Crippen LogP contribution is 2.29. The molecule has 2 N–H and O–H groups in total. The number of rotatable bonds is 5. The molecule has 4 rings (SSSR count). The van der Waals surface area contributed by atoms with Crippen LogP contribution in [-0.4, -0.2) is 22.3 Å².